The van der Waals surface area contributed by atoms with Gasteiger partial charge in [0.15, 0.2) is 0 Å². The second-order valence-electron chi connectivity index (χ2n) is 6.86. The van der Waals surface area contributed by atoms with E-state index >= 15 is 0 Å². The second-order valence-corrected chi connectivity index (χ2v) is 7.86. The molecular weight excluding hydrogens is 308 g/mol. The molecule has 3 atom stereocenters. The summed E-state index contributed by atoms with van der Waals surface area (Å²) in [5.74, 6) is 2.11. The maximum Gasteiger partial charge on any atom is 0.246 e. The van der Waals surface area contributed by atoms with Crippen LogP contribution < -0.4 is 0 Å². The van der Waals surface area contributed by atoms with Crippen LogP contribution in [0, 0.1) is 5.92 Å². The molecule has 122 valence electrons. The van der Waals surface area contributed by atoms with Crippen molar-refractivity contribution >= 4 is 23.6 Å². The van der Waals surface area contributed by atoms with Gasteiger partial charge in [-0.25, -0.2) is 0 Å². The number of carbonyl (C=O) groups is 2. The lowest BCUT2D eigenvalue weighted by Gasteiger charge is -2.27. The highest BCUT2D eigenvalue weighted by Crippen LogP contribution is 2.49. The van der Waals surface area contributed by atoms with E-state index in [2.05, 4.69) is 12.1 Å². The molecule has 4 nitrogen and oxygen atoms in total. The molecule has 2 saturated carbocycles. The molecule has 23 heavy (non-hydrogen) atoms. The zero-order chi connectivity index (χ0) is 16.0. The number of carbonyl (C=O) groups excluding carboxylic acids is 2. The van der Waals surface area contributed by atoms with Gasteiger partial charge in [0.05, 0.1) is 5.88 Å². The van der Waals surface area contributed by atoms with Gasteiger partial charge >= 0.3 is 0 Å². The summed E-state index contributed by atoms with van der Waals surface area (Å²) in [6.07, 6.45) is 3.13. The van der Waals surface area contributed by atoms with Crippen molar-refractivity contribution in [3.8, 4) is 0 Å². The van der Waals surface area contributed by atoms with Crippen molar-refractivity contribution in [2.24, 2.45) is 5.92 Å². The summed E-state index contributed by atoms with van der Waals surface area (Å²) < 4.78 is 0. The normalized spacial score (nSPS) is 29.4. The van der Waals surface area contributed by atoms with E-state index in [9.17, 15) is 9.59 Å². The molecule has 3 aliphatic rings. The van der Waals surface area contributed by atoms with Crippen molar-refractivity contribution < 1.29 is 9.59 Å². The summed E-state index contributed by atoms with van der Waals surface area (Å²) in [6, 6.07) is 10.4. The molecule has 0 radical (unpaired) electrons. The Bertz CT molecular complexity index is 617. The predicted molar refractivity (Wildman–Crippen MR) is 91.0 cm³/mol. The summed E-state index contributed by atoms with van der Waals surface area (Å²) in [5.41, 5.74) is 1.25. The number of benzene rings is 1. The maximum atomic E-state index is 12.9. The molecule has 1 aromatic rings. The van der Waals surface area contributed by atoms with Crippen LogP contribution in [0.1, 0.15) is 30.7 Å². The number of hydrogen-bond acceptors (Lipinski definition) is 3. The van der Waals surface area contributed by atoms with E-state index in [-0.39, 0.29) is 23.8 Å². The largest absolute Gasteiger partial charge is 0.341 e. The van der Waals surface area contributed by atoms with Crippen LogP contribution in [0.3, 0.4) is 0 Å². The molecule has 1 aromatic carbocycles. The molecule has 2 amide bonds. The summed E-state index contributed by atoms with van der Waals surface area (Å²) >= 11 is 1.70. The van der Waals surface area contributed by atoms with E-state index in [1.165, 1.54) is 5.56 Å². The third-order valence-corrected chi connectivity index (χ3v) is 6.24. The zero-order valence-electron chi connectivity index (χ0n) is 13.4. The summed E-state index contributed by atoms with van der Waals surface area (Å²) in [4.78, 5) is 29.2. The van der Waals surface area contributed by atoms with Crippen LogP contribution in [0.25, 0.3) is 0 Å². The maximum absolute atomic E-state index is 12.9. The number of amides is 2. The number of hydrogen-bond donors (Lipinski definition) is 0. The first kappa shape index (κ1) is 15.1. The van der Waals surface area contributed by atoms with Gasteiger partial charge in [-0.3, -0.25) is 9.59 Å². The van der Waals surface area contributed by atoms with Crippen LogP contribution in [0.15, 0.2) is 30.3 Å². The topological polar surface area (TPSA) is 40.6 Å². The Hall–Kier alpha value is -1.49. The Labute approximate surface area is 141 Å². The molecule has 2 aliphatic carbocycles. The standard InChI is InChI=1S/C18H22N2O2S/c1-19(13-7-8-13)18(22)16-10-23-11-20(16)17(21)15-9-14(15)12-5-3-2-4-6-12/h2-6,13-16H,7-11H2,1H3/t14-,15-,16+/m1/s1. The van der Waals surface area contributed by atoms with Crippen molar-refractivity contribution in [3.63, 3.8) is 0 Å². The van der Waals surface area contributed by atoms with E-state index in [1.807, 2.05) is 35.0 Å². The monoisotopic (exact) mass is 330 g/mol. The smallest absolute Gasteiger partial charge is 0.246 e. The van der Waals surface area contributed by atoms with E-state index in [0.29, 0.717) is 17.8 Å². The van der Waals surface area contributed by atoms with Crippen molar-refractivity contribution in [1.29, 1.82) is 0 Å². The van der Waals surface area contributed by atoms with Crippen LogP contribution in [-0.4, -0.2) is 52.4 Å². The van der Waals surface area contributed by atoms with E-state index in [1.54, 1.807) is 11.8 Å². The quantitative estimate of drug-likeness (QED) is 0.851. The minimum atomic E-state index is -0.255. The first-order valence-corrected chi connectivity index (χ1v) is 9.52. The van der Waals surface area contributed by atoms with Gasteiger partial charge in [0, 0.05) is 24.8 Å². The van der Waals surface area contributed by atoms with Gasteiger partial charge in [-0.05, 0) is 30.7 Å². The van der Waals surface area contributed by atoms with E-state index in [0.717, 1.165) is 25.0 Å². The van der Waals surface area contributed by atoms with Crippen molar-refractivity contribution in [2.45, 2.75) is 37.3 Å². The summed E-state index contributed by atoms with van der Waals surface area (Å²) in [7, 11) is 1.88. The molecule has 3 fully saturated rings. The van der Waals surface area contributed by atoms with Crippen LogP contribution in [0.4, 0.5) is 0 Å². The van der Waals surface area contributed by atoms with Crippen molar-refractivity contribution in [2.75, 3.05) is 18.7 Å². The Morgan fingerprint density at radius 1 is 1.22 bits per heavy atom. The first-order chi connectivity index (χ1) is 11.2. The fraction of sp³-hybridized carbons (Fsp3) is 0.556. The molecule has 0 aromatic heterocycles. The van der Waals surface area contributed by atoms with Gasteiger partial charge in [0.2, 0.25) is 11.8 Å². The number of likely N-dealkylation sites (N-methyl/N-ethyl adjacent to an activating group) is 1. The molecule has 4 rings (SSSR count). The van der Waals surface area contributed by atoms with Gasteiger partial charge in [-0.2, -0.15) is 0 Å². The average molecular weight is 330 g/mol. The SMILES string of the molecule is CN(C(=O)[C@@H]1CSCN1C(=O)[C@@H]1C[C@@H]1c1ccccc1)C1CC1. The average Bonchev–Trinajstić information content (AvgIpc) is 3.50. The first-order valence-electron chi connectivity index (χ1n) is 8.36. The number of thioether (sulfide) groups is 1. The fourth-order valence-electron chi connectivity index (χ4n) is 3.49. The van der Waals surface area contributed by atoms with Crippen LogP contribution in [0.2, 0.25) is 0 Å². The summed E-state index contributed by atoms with van der Waals surface area (Å²) in [5, 5.41) is 0. The molecule has 1 saturated heterocycles. The van der Waals surface area contributed by atoms with Gasteiger partial charge in [-0.15, -0.1) is 11.8 Å². The molecule has 0 spiro atoms. The lowest BCUT2D eigenvalue weighted by Crippen LogP contribution is -2.49. The zero-order valence-corrected chi connectivity index (χ0v) is 14.2. The molecule has 1 aliphatic heterocycles. The second kappa shape index (κ2) is 5.86. The molecule has 0 unspecified atom stereocenters. The minimum absolute atomic E-state index is 0.0673. The lowest BCUT2D eigenvalue weighted by atomic mass is 10.1. The summed E-state index contributed by atoms with van der Waals surface area (Å²) in [6.45, 7) is 0. The highest BCUT2D eigenvalue weighted by molar-refractivity contribution is 7.99. The van der Waals surface area contributed by atoms with Crippen LogP contribution >= 0.6 is 11.8 Å². The molecule has 0 N–H and O–H groups in total. The molecular formula is C18H22N2O2S. The Morgan fingerprint density at radius 2 is 1.96 bits per heavy atom. The van der Waals surface area contributed by atoms with Crippen molar-refractivity contribution in [3.05, 3.63) is 35.9 Å². The molecule has 0 bridgehead atoms. The Balaban J connectivity index is 1.43. The fourth-order valence-corrected chi connectivity index (χ4v) is 4.65. The van der Waals surface area contributed by atoms with Gasteiger partial charge < -0.3 is 9.80 Å². The Morgan fingerprint density at radius 3 is 2.65 bits per heavy atom. The van der Waals surface area contributed by atoms with Gasteiger partial charge in [0.1, 0.15) is 6.04 Å². The van der Waals surface area contributed by atoms with Gasteiger partial charge in [0.25, 0.3) is 0 Å². The molecule has 5 heteroatoms. The van der Waals surface area contributed by atoms with Crippen LogP contribution in [0.5, 0.6) is 0 Å². The highest BCUT2D eigenvalue weighted by atomic mass is 32.2. The van der Waals surface area contributed by atoms with Gasteiger partial charge in [-0.1, -0.05) is 30.3 Å². The minimum Gasteiger partial charge on any atom is -0.341 e. The molecule has 1 heterocycles. The number of nitrogens with zero attached hydrogens (tertiary/aromatic N) is 2. The lowest BCUT2D eigenvalue weighted by molar-refractivity contribution is -0.143. The van der Waals surface area contributed by atoms with Crippen LogP contribution in [-0.2, 0) is 9.59 Å². The van der Waals surface area contributed by atoms with Crippen molar-refractivity contribution in [1.82, 2.24) is 9.80 Å². The third kappa shape index (κ3) is 2.87. The highest BCUT2D eigenvalue weighted by Gasteiger charge is 2.49. The predicted octanol–water partition coefficient (Wildman–Crippen LogP) is 2.31. The van der Waals surface area contributed by atoms with E-state index < -0.39 is 0 Å². The number of rotatable bonds is 4. The Kier molecular flexibility index (Phi) is 3.84. The third-order valence-electron chi connectivity index (χ3n) is 5.23. The van der Waals surface area contributed by atoms with E-state index in [4.69, 9.17) is 0 Å².